The lowest BCUT2D eigenvalue weighted by Gasteiger charge is -2.37. The molecule has 2 aromatic rings. The van der Waals surface area contributed by atoms with E-state index >= 15 is 0 Å². The summed E-state index contributed by atoms with van der Waals surface area (Å²) >= 11 is 0. The fourth-order valence-electron chi connectivity index (χ4n) is 3.59. The fourth-order valence-corrected chi connectivity index (χ4v) is 3.59. The van der Waals surface area contributed by atoms with Gasteiger partial charge in [-0.15, -0.1) is 0 Å². The Morgan fingerprint density at radius 1 is 1.14 bits per heavy atom. The molecular formula is C21H24N2O5. The van der Waals surface area contributed by atoms with Crippen molar-refractivity contribution in [1.82, 2.24) is 9.80 Å². The molecule has 2 aromatic carbocycles. The van der Waals surface area contributed by atoms with Crippen molar-refractivity contribution in [3.8, 4) is 23.0 Å². The standard InChI is InChI=1S/C21H24N2O5/c1-26-17-5-3-2-4-15(17)13-22-8-10-23(11-9-22)21(25)20-14-27-18-7-6-16(24)12-19(18)28-20/h2-7,12,20,24H,8-11,13-14H2,1H3. The molecule has 2 heterocycles. The summed E-state index contributed by atoms with van der Waals surface area (Å²) < 4.78 is 16.8. The van der Waals surface area contributed by atoms with Crippen LogP contribution in [0.1, 0.15) is 5.56 Å². The maximum absolute atomic E-state index is 12.8. The van der Waals surface area contributed by atoms with Crippen LogP contribution < -0.4 is 14.2 Å². The van der Waals surface area contributed by atoms with E-state index in [1.165, 1.54) is 12.1 Å². The largest absolute Gasteiger partial charge is 0.508 e. The predicted octanol–water partition coefficient (Wildman–Crippen LogP) is 1.88. The molecule has 2 aliphatic heterocycles. The first-order valence-corrected chi connectivity index (χ1v) is 9.39. The van der Waals surface area contributed by atoms with Crippen LogP contribution in [0.25, 0.3) is 0 Å². The number of phenols is 1. The van der Waals surface area contributed by atoms with Crippen LogP contribution in [-0.4, -0.2) is 66.8 Å². The van der Waals surface area contributed by atoms with Crippen LogP contribution in [0.15, 0.2) is 42.5 Å². The van der Waals surface area contributed by atoms with Gasteiger partial charge in [0.2, 0.25) is 6.10 Å². The Bertz CT molecular complexity index is 848. The fraction of sp³-hybridized carbons (Fsp3) is 0.381. The number of phenolic OH excluding ortho intramolecular Hbond substituents is 1. The smallest absolute Gasteiger partial charge is 0.267 e. The summed E-state index contributed by atoms with van der Waals surface area (Å²) in [6.07, 6.45) is -0.685. The number of hydrogen-bond acceptors (Lipinski definition) is 6. The minimum Gasteiger partial charge on any atom is -0.508 e. The number of piperazine rings is 1. The maximum Gasteiger partial charge on any atom is 0.267 e. The van der Waals surface area contributed by atoms with Gasteiger partial charge in [-0.3, -0.25) is 9.69 Å². The summed E-state index contributed by atoms with van der Waals surface area (Å²) in [5.41, 5.74) is 1.14. The molecular weight excluding hydrogens is 360 g/mol. The molecule has 7 nitrogen and oxygen atoms in total. The molecule has 0 saturated carbocycles. The molecule has 7 heteroatoms. The van der Waals surface area contributed by atoms with Gasteiger partial charge in [0.15, 0.2) is 11.5 Å². The summed E-state index contributed by atoms with van der Waals surface area (Å²) in [4.78, 5) is 17.0. The number of aromatic hydroxyl groups is 1. The van der Waals surface area contributed by atoms with Gasteiger partial charge in [0.25, 0.3) is 5.91 Å². The van der Waals surface area contributed by atoms with Crippen molar-refractivity contribution in [3.63, 3.8) is 0 Å². The van der Waals surface area contributed by atoms with E-state index in [9.17, 15) is 9.90 Å². The average Bonchev–Trinajstić information content (AvgIpc) is 2.73. The number of hydrogen-bond donors (Lipinski definition) is 1. The van der Waals surface area contributed by atoms with Crippen LogP contribution in [0.5, 0.6) is 23.0 Å². The summed E-state index contributed by atoms with van der Waals surface area (Å²) in [5.74, 6) is 1.84. The third-order valence-electron chi connectivity index (χ3n) is 5.13. The first kappa shape index (κ1) is 18.4. The zero-order valence-corrected chi connectivity index (χ0v) is 15.8. The SMILES string of the molecule is COc1ccccc1CN1CCN(C(=O)C2COc3ccc(O)cc3O2)CC1. The molecule has 4 rings (SSSR count). The molecule has 1 atom stereocenters. The zero-order valence-electron chi connectivity index (χ0n) is 15.8. The lowest BCUT2D eigenvalue weighted by Crippen LogP contribution is -2.53. The summed E-state index contributed by atoms with van der Waals surface area (Å²) in [6, 6.07) is 12.6. The number of carbonyl (C=O) groups is 1. The number of carbonyl (C=O) groups excluding carboxylic acids is 1. The number of methoxy groups -OCH3 is 1. The summed E-state index contributed by atoms with van der Waals surface area (Å²) in [6.45, 7) is 3.82. The Balaban J connectivity index is 1.33. The van der Waals surface area contributed by atoms with E-state index in [2.05, 4.69) is 11.0 Å². The Morgan fingerprint density at radius 2 is 1.93 bits per heavy atom. The maximum atomic E-state index is 12.8. The number of benzene rings is 2. The highest BCUT2D eigenvalue weighted by Gasteiger charge is 2.33. The van der Waals surface area contributed by atoms with Gasteiger partial charge in [-0.25, -0.2) is 0 Å². The molecule has 1 amide bonds. The van der Waals surface area contributed by atoms with Crippen molar-refractivity contribution in [2.24, 2.45) is 0 Å². The first-order chi connectivity index (χ1) is 13.6. The molecule has 28 heavy (non-hydrogen) atoms. The van der Waals surface area contributed by atoms with E-state index < -0.39 is 6.10 Å². The molecule has 0 bridgehead atoms. The highest BCUT2D eigenvalue weighted by molar-refractivity contribution is 5.82. The third-order valence-corrected chi connectivity index (χ3v) is 5.13. The highest BCUT2D eigenvalue weighted by Crippen LogP contribution is 2.35. The quantitative estimate of drug-likeness (QED) is 0.868. The molecule has 1 unspecified atom stereocenters. The van der Waals surface area contributed by atoms with E-state index in [0.29, 0.717) is 24.6 Å². The van der Waals surface area contributed by atoms with Gasteiger partial charge in [0.05, 0.1) is 7.11 Å². The minimum absolute atomic E-state index is 0.0778. The normalized spacial score (nSPS) is 19.3. The van der Waals surface area contributed by atoms with Crippen molar-refractivity contribution in [1.29, 1.82) is 0 Å². The zero-order chi connectivity index (χ0) is 19.5. The van der Waals surface area contributed by atoms with E-state index in [1.807, 2.05) is 23.1 Å². The Hall–Kier alpha value is -2.93. The van der Waals surface area contributed by atoms with Crippen LogP contribution in [0.3, 0.4) is 0 Å². The number of para-hydroxylation sites is 1. The van der Waals surface area contributed by atoms with Gasteiger partial charge in [-0.2, -0.15) is 0 Å². The first-order valence-electron chi connectivity index (χ1n) is 9.39. The van der Waals surface area contributed by atoms with Gasteiger partial charge in [-0.05, 0) is 18.2 Å². The van der Waals surface area contributed by atoms with Crippen molar-refractivity contribution < 1.29 is 24.1 Å². The number of nitrogens with zero attached hydrogens (tertiary/aromatic N) is 2. The van der Waals surface area contributed by atoms with Crippen LogP contribution >= 0.6 is 0 Å². The second-order valence-electron chi connectivity index (χ2n) is 6.96. The van der Waals surface area contributed by atoms with E-state index in [1.54, 1.807) is 13.2 Å². The Morgan fingerprint density at radius 3 is 2.71 bits per heavy atom. The third kappa shape index (κ3) is 3.84. The van der Waals surface area contributed by atoms with E-state index in [4.69, 9.17) is 14.2 Å². The number of fused-ring (bicyclic) bond motifs is 1. The molecule has 2 aliphatic rings. The highest BCUT2D eigenvalue weighted by atomic mass is 16.6. The summed E-state index contributed by atoms with van der Waals surface area (Å²) in [7, 11) is 1.68. The Kier molecular flexibility index (Phi) is 5.25. The number of rotatable bonds is 4. The van der Waals surface area contributed by atoms with Crippen LogP contribution in [0.4, 0.5) is 0 Å². The van der Waals surface area contributed by atoms with Crippen molar-refractivity contribution >= 4 is 5.91 Å². The van der Waals surface area contributed by atoms with Crippen LogP contribution in [-0.2, 0) is 11.3 Å². The van der Waals surface area contributed by atoms with E-state index in [-0.39, 0.29) is 18.3 Å². The average molecular weight is 384 g/mol. The van der Waals surface area contributed by atoms with Gasteiger partial charge in [0.1, 0.15) is 18.1 Å². The van der Waals surface area contributed by atoms with Crippen molar-refractivity contribution in [2.45, 2.75) is 12.6 Å². The molecule has 0 radical (unpaired) electrons. The van der Waals surface area contributed by atoms with Crippen LogP contribution in [0, 0.1) is 0 Å². The van der Waals surface area contributed by atoms with Gasteiger partial charge >= 0.3 is 0 Å². The molecule has 0 spiro atoms. The monoisotopic (exact) mass is 384 g/mol. The van der Waals surface area contributed by atoms with Crippen molar-refractivity contribution in [2.75, 3.05) is 39.9 Å². The lowest BCUT2D eigenvalue weighted by atomic mass is 10.1. The predicted molar refractivity (Wildman–Crippen MR) is 103 cm³/mol. The van der Waals surface area contributed by atoms with Gasteiger partial charge in [0, 0.05) is 44.4 Å². The number of ether oxygens (including phenoxy) is 3. The molecule has 0 aliphatic carbocycles. The minimum atomic E-state index is -0.685. The number of amides is 1. The molecule has 148 valence electrons. The van der Waals surface area contributed by atoms with Gasteiger partial charge in [-0.1, -0.05) is 18.2 Å². The second-order valence-corrected chi connectivity index (χ2v) is 6.96. The lowest BCUT2D eigenvalue weighted by molar-refractivity contribution is -0.143. The topological polar surface area (TPSA) is 71.5 Å². The van der Waals surface area contributed by atoms with Crippen molar-refractivity contribution in [3.05, 3.63) is 48.0 Å². The van der Waals surface area contributed by atoms with E-state index in [0.717, 1.165) is 30.9 Å². The second kappa shape index (κ2) is 7.98. The molecule has 1 N–H and O–H groups in total. The molecule has 1 saturated heterocycles. The van der Waals surface area contributed by atoms with Gasteiger partial charge < -0.3 is 24.2 Å². The molecule has 1 fully saturated rings. The summed E-state index contributed by atoms with van der Waals surface area (Å²) in [5, 5.41) is 9.60. The molecule has 0 aromatic heterocycles. The van der Waals surface area contributed by atoms with Crippen LogP contribution in [0.2, 0.25) is 0 Å². The Labute approximate surface area is 164 Å².